The van der Waals surface area contributed by atoms with Crippen LogP contribution in [-0.2, 0) is 20.5 Å². The number of anilines is 1. The molecule has 1 aromatic heterocycles. The zero-order chi connectivity index (χ0) is 30.3. The van der Waals surface area contributed by atoms with Crippen molar-refractivity contribution in [2.45, 2.75) is 50.2 Å². The molecule has 0 radical (unpaired) electrons. The fraction of sp³-hybridized carbons (Fsp3) is 0.379. The molecule has 9 nitrogen and oxygen atoms in total. The molecular formula is C29H30F4N4O5. The highest BCUT2D eigenvalue weighted by Crippen LogP contribution is 2.36. The number of esters is 1. The number of alkyl halides is 3. The Bertz CT molecular complexity index is 1400. The van der Waals surface area contributed by atoms with E-state index in [2.05, 4.69) is 25.7 Å². The number of amides is 2. The first-order chi connectivity index (χ1) is 20.0. The topological polar surface area (TPSA) is 123 Å². The summed E-state index contributed by atoms with van der Waals surface area (Å²) in [5, 5.41) is 8.13. The highest BCUT2D eigenvalue weighted by atomic mass is 19.4. The Kier molecular flexibility index (Phi) is 9.94. The summed E-state index contributed by atoms with van der Waals surface area (Å²) in [4.78, 5) is 39.8. The molecule has 0 atom stereocenters. The van der Waals surface area contributed by atoms with Gasteiger partial charge in [0.2, 0.25) is 17.6 Å². The first-order valence-electron chi connectivity index (χ1n) is 13.4. The maximum atomic E-state index is 14.0. The number of carbonyl (C=O) groups is 3. The molecule has 1 aliphatic carbocycles. The van der Waals surface area contributed by atoms with Crippen molar-refractivity contribution in [2.75, 3.05) is 25.5 Å². The molecule has 0 spiro atoms. The number of rotatable bonds is 10. The summed E-state index contributed by atoms with van der Waals surface area (Å²) < 4.78 is 63.8. The summed E-state index contributed by atoms with van der Waals surface area (Å²) in [6.45, 7) is -0.0790. The van der Waals surface area contributed by atoms with Gasteiger partial charge in [0.15, 0.2) is 5.69 Å². The standard InChI is InChI=1S/C29H30F4N4O5/c1-41-24(39)16-35-19-10-6-17(7-11-19)18-8-12-20(13-9-18)36-23(38)14-15-34-27(40)25-26(29(31,32)33)42-28(37-25)21-4-2-3-5-22(21)30/h2-5,8-9,12-13,17,19,35H,6-7,10-11,14-16H2,1H3,(H,34,40)(H,36,38). The lowest BCUT2D eigenvalue weighted by Crippen LogP contribution is -2.36. The van der Waals surface area contributed by atoms with Gasteiger partial charge < -0.3 is 25.1 Å². The molecule has 1 saturated carbocycles. The molecule has 0 saturated heterocycles. The number of ether oxygens (including phenoxy) is 1. The van der Waals surface area contributed by atoms with E-state index in [1.807, 2.05) is 12.1 Å². The van der Waals surface area contributed by atoms with Gasteiger partial charge in [-0.3, -0.25) is 14.4 Å². The number of halogens is 4. The van der Waals surface area contributed by atoms with Crippen LogP contribution in [0.2, 0.25) is 0 Å². The van der Waals surface area contributed by atoms with Crippen molar-refractivity contribution in [1.82, 2.24) is 15.6 Å². The summed E-state index contributed by atoms with van der Waals surface area (Å²) in [7, 11) is 1.35. The van der Waals surface area contributed by atoms with Crippen LogP contribution >= 0.6 is 0 Å². The van der Waals surface area contributed by atoms with E-state index in [0.717, 1.165) is 37.3 Å². The highest BCUT2D eigenvalue weighted by molar-refractivity contribution is 5.95. The SMILES string of the molecule is COC(=O)CNC1CCC(c2ccc(NC(=O)CCNC(=O)c3nc(-c4ccccc4F)oc3C(F)(F)F)cc2)CC1. The number of carbonyl (C=O) groups excluding carboxylic acids is 3. The van der Waals surface area contributed by atoms with E-state index in [0.29, 0.717) is 11.6 Å². The van der Waals surface area contributed by atoms with Gasteiger partial charge in [0, 0.05) is 24.7 Å². The molecule has 1 fully saturated rings. The summed E-state index contributed by atoms with van der Waals surface area (Å²) in [5.41, 5.74) is 0.293. The first-order valence-corrected chi connectivity index (χ1v) is 13.4. The van der Waals surface area contributed by atoms with Crippen LogP contribution in [0.1, 0.15) is 59.8 Å². The Morgan fingerprint density at radius 3 is 2.36 bits per heavy atom. The normalized spacial score (nSPS) is 17.0. The van der Waals surface area contributed by atoms with E-state index in [9.17, 15) is 31.9 Å². The Morgan fingerprint density at radius 1 is 1.02 bits per heavy atom. The Labute approximate surface area is 239 Å². The molecule has 2 aromatic carbocycles. The van der Waals surface area contributed by atoms with E-state index in [4.69, 9.17) is 4.42 Å². The van der Waals surface area contributed by atoms with Gasteiger partial charge in [-0.2, -0.15) is 13.2 Å². The van der Waals surface area contributed by atoms with Gasteiger partial charge in [0.1, 0.15) is 5.82 Å². The smallest absolute Gasteiger partial charge is 0.452 e. The largest absolute Gasteiger partial charge is 0.468 e. The molecular weight excluding hydrogens is 560 g/mol. The van der Waals surface area contributed by atoms with Crippen LogP contribution in [0.4, 0.5) is 23.2 Å². The van der Waals surface area contributed by atoms with Crippen molar-refractivity contribution in [3.05, 3.63) is 71.4 Å². The van der Waals surface area contributed by atoms with Crippen molar-refractivity contribution in [3.8, 4) is 11.5 Å². The molecule has 3 aromatic rings. The summed E-state index contributed by atoms with van der Waals surface area (Å²) in [6, 6.07) is 12.6. The monoisotopic (exact) mass is 590 g/mol. The van der Waals surface area contributed by atoms with Gasteiger partial charge in [-0.05, 0) is 61.4 Å². The lowest BCUT2D eigenvalue weighted by molar-refractivity contribution is -0.153. The fourth-order valence-electron chi connectivity index (χ4n) is 4.78. The Balaban J connectivity index is 1.26. The number of nitrogens with one attached hydrogen (secondary N) is 3. The number of benzene rings is 2. The van der Waals surface area contributed by atoms with Crippen molar-refractivity contribution in [3.63, 3.8) is 0 Å². The van der Waals surface area contributed by atoms with Gasteiger partial charge in [-0.25, -0.2) is 9.37 Å². The van der Waals surface area contributed by atoms with E-state index in [-0.39, 0.29) is 37.1 Å². The molecule has 4 rings (SSSR count). The van der Waals surface area contributed by atoms with Gasteiger partial charge in [0.05, 0.1) is 19.2 Å². The molecule has 2 amide bonds. The summed E-state index contributed by atoms with van der Waals surface area (Å²) >= 11 is 0. The third-order valence-electron chi connectivity index (χ3n) is 7.00. The lowest BCUT2D eigenvalue weighted by atomic mass is 9.81. The number of hydrogen-bond donors (Lipinski definition) is 3. The number of methoxy groups -OCH3 is 1. The lowest BCUT2D eigenvalue weighted by Gasteiger charge is -2.29. The molecule has 13 heteroatoms. The second kappa shape index (κ2) is 13.6. The van der Waals surface area contributed by atoms with Crippen molar-refractivity contribution < 1.29 is 41.1 Å². The van der Waals surface area contributed by atoms with Crippen LogP contribution in [-0.4, -0.2) is 49.0 Å². The van der Waals surface area contributed by atoms with E-state index < -0.39 is 41.2 Å². The number of oxazole rings is 1. The second-order valence-electron chi connectivity index (χ2n) is 9.86. The van der Waals surface area contributed by atoms with Crippen LogP contribution in [0.15, 0.2) is 52.9 Å². The minimum Gasteiger partial charge on any atom is -0.468 e. The second-order valence-corrected chi connectivity index (χ2v) is 9.86. The molecule has 0 bridgehead atoms. The average molecular weight is 591 g/mol. The zero-order valence-corrected chi connectivity index (χ0v) is 22.7. The summed E-state index contributed by atoms with van der Waals surface area (Å²) in [6.07, 6.45) is -1.51. The van der Waals surface area contributed by atoms with Crippen LogP contribution in [0, 0.1) is 5.82 Å². The minimum atomic E-state index is -5.05. The first kappa shape index (κ1) is 30.7. The van der Waals surface area contributed by atoms with Crippen molar-refractivity contribution in [1.29, 1.82) is 0 Å². The van der Waals surface area contributed by atoms with Gasteiger partial charge in [-0.1, -0.05) is 24.3 Å². The zero-order valence-electron chi connectivity index (χ0n) is 22.7. The maximum Gasteiger partial charge on any atom is 0.452 e. The molecule has 3 N–H and O–H groups in total. The molecule has 0 unspecified atom stereocenters. The Morgan fingerprint density at radius 2 is 1.71 bits per heavy atom. The molecule has 224 valence electrons. The number of hydrogen-bond acceptors (Lipinski definition) is 7. The van der Waals surface area contributed by atoms with Crippen LogP contribution < -0.4 is 16.0 Å². The maximum absolute atomic E-state index is 14.0. The van der Waals surface area contributed by atoms with Crippen LogP contribution in [0.25, 0.3) is 11.5 Å². The van der Waals surface area contributed by atoms with Gasteiger partial charge in [0.25, 0.3) is 5.91 Å². The number of aromatic nitrogens is 1. The quantitative estimate of drug-likeness (QED) is 0.223. The average Bonchev–Trinajstić information content (AvgIpc) is 3.43. The fourth-order valence-corrected chi connectivity index (χ4v) is 4.78. The number of nitrogens with zero attached hydrogens (tertiary/aromatic N) is 1. The third kappa shape index (κ3) is 7.93. The minimum absolute atomic E-state index is 0.190. The van der Waals surface area contributed by atoms with Gasteiger partial charge in [-0.15, -0.1) is 0 Å². The van der Waals surface area contributed by atoms with Crippen LogP contribution in [0.5, 0.6) is 0 Å². The van der Waals surface area contributed by atoms with E-state index >= 15 is 0 Å². The van der Waals surface area contributed by atoms with Crippen molar-refractivity contribution in [2.24, 2.45) is 0 Å². The molecule has 1 aliphatic rings. The predicted molar refractivity (Wildman–Crippen MR) is 144 cm³/mol. The molecule has 42 heavy (non-hydrogen) atoms. The predicted octanol–water partition coefficient (Wildman–Crippen LogP) is 5.05. The molecule has 1 heterocycles. The van der Waals surface area contributed by atoms with E-state index in [1.54, 1.807) is 12.1 Å². The third-order valence-corrected chi connectivity index (χ3v) is 7.00. The van der Waals surface area contributed by atoms with Gasteiger partial charge >= 0.3 is 12.1 Å². The van der Waals surface area contributed by atoms with Crippen LogP contribution in [0.3, 0.4) is 0 Å². The summed E-state index contributed by atoms with van der Waals surface area (Å²) in [5.74, 6) is -4.80. The Hall–Kier alpha value is -4.26. The van der Waals surface area contributed by atoms with Crippen molar-refractivity contribution >= 4 is 23.5 Å². The highest BCUT2D eigenvalue weighted by Gasteiger charge is 2.42. The van der Waals surface area contributed by atoms with E-state index in [1.165, 1.54) is 25.3 Å². The molecule has 0 aliphatic heterocycles.